The molecule has 0 aliphatic heterocycles. The largest absolute Gasteiger partial charge is 0.509 e. The van der Waals surface area contributed by atoms with Crippen molar-refractivity contribution in [2.75, 3.05) is 52.4 Å². The third kappa shape index (κ3) is 13.7. The highest BCUT2D eigenvalue weighted by Gasteiger charge is 2.54. The molecule has 0 aromatic heterocycles. The van der Waals surface area contributed by atoms with E-state index in [2.05, 4.69) is 75.0 Å². The normalized spacial score (nSPS) is 20.3. The molecule has 2 aliphatic rings. The van der Waals surface area contributed by atoms with Crippen molar-refractivity contribution in [2.45, 2.75) is 233 Å². The van der Waals surface area contributed by atoms with Crippen molar-refractivity contribution in [3.05, 3.63) is 0 Å². The molecule has 2 rings (SSSR count). The maximum absolute atomic E-state index is 14.6. The van der Waals surface area contributed by atoms with E-state index >= 15 is 0 Å². The van der Waals surface area contributed by atoms with Gasteiger partial charge >= 0.3 is 6.16 Å². The molecule has 2 atom stereocenters. The van der Waals surface area contributed by atoms with Gasteiger partial charge in [-0.15, -0.1) is 0 Å². The molecule has 2 unspecified atom stereocenters. The van der Waals surface area contributed by atoms with E-state index in [9.17, 15) is 4.79 Å². The summed E-state index contributed by atoms with van der Waals surface area (Å²) in [6.45, 7) is 27.1. The summed E-state index contributed by atoms with van der Waals surface area (Å²) in [4.78, 5) is 25.8. The van der Waals surface area contributed by atoms with Crippen LogP contribution in [0, 0.1) is 0 Å². The van der Waals surface area contributed by atoms with Crippen LogP contribution >= 0.6 is 0 Å². The molecule has 308 valence electrons. The molecule has 7 heteroatoms. The maximum atomic E-state index is 14.6. The molecule has 52 heavy (non-hydrogen) atoms. The van der Waals surface area contributed by atoms with E-state index in [1.807, 2.05) is 0 Å². The summed E-state index contributed by atoms with van der Waals surface area (Å²) in [6, 6.07) is 0. The van der Waals surface area contributed by atoms with Gasteiger partial charge in [-0.05, 0) is 103 Å². The second kappa shape index (κ2) is 27.7. The molecule has 2 fully saturated rings. The lowest BCUT2D eigenvalue weighted by Crippen LogP contribution is -2.70. The Morgan fingerprint density at radius 1 is 0.423 bits per heavy atom. The van der Waals surface area contributed by atoms with E-state index in [1.165, 1.54) is 116 Å². The summed E-state index contributed by atoms with van der Waals surface area (Å²) in [5, 5.41) is 0. The van der Waals surface area contributed by atoms with Gasteiger partial charge in [0.1, 0.15) is 23.5 Å². The number of unbranched alkanes of at least 4 members (excludes halogenated alkanes) is 8. The van der Waals surface area contributed by atoms with Gasteiger partial charge in [0, 0.05) is 52.4 Å². The summed E-state index contributed by atoms with van der Waals surface area (Å²) < 4.78 is 13.8. The summed E-state index contributed by atoms with van der Waals surface area (Å²) in [7, 11) is 0. The highest BCUT2D eigenvalue weighted by molar-refractivity contribution is 5.61. The first-order valence-corrected chi connectivity index (χ1v) is 23.3. The standard InChI is InChI=1S/C45H90N4O3/c1-9-17-33-46(34-18-10-2)44(47(35-19-11-3)36-20-12-4)31-27-25-29-41(44)51-43(50)52-42-30-26-28-32-45(42,48(37-21-13-5)38-22-14-6)49(39-23-15-7)40-24-16-8/h41-42H,9-40H2,1-8H3. The molecule has 0 saturated heterocycles. The van der Waals surface area contributed by atoms with Gasteiger partial charge in [0.15, 0.2) is 0 Å². The Balaban J connectivity index is 2.62. The lowest BCUT2D eigenvalue weighted by molar-refractivity contribution is -0.189. The Labute approximate surface area is 324 Å². The summed E-state index contributed by atoms with van der Waals surface area (Å²) in [5.74, 6) is 0. The van der Waals surface area contributed by atoms with Crippen molar-refractivity contribution in [2.24, 2.45) is 0 Å². The van der Waals surface area contributed by atoms with Gasteiger partial charge in [0.05, 0.1) is 0 Å². The van der Waals surface area contributed by atoms with E-state index in [-0.39, 0.29) is 23.5 Å². The van der Waals surface area contributed by atoms with Crippen molar-refractivity contribution in [3.8, 4) is 0 Å². The van der Waals surface area contributed by atoms with Gasteiger partial charge in [-0.1, -0.05) is 107 Å². The molecule has 2 aliphatic carbocycles. The molecule has 0 heterocycles. The zero-order valence-corrected chi connectivity index (χ0v) is 36.3. The Morgan fingerprint density at radius 3 is 0.865 bits per heavy atom. The summed E-state index contributed by atoms with van der Waals surface area (Å²) >= 11 is 0. The molecule has 0 bridgehead atoms. The Bertz CT molecular complexity index is 747. The predicted molar refractivity (Wildman–Crippen MR) is 223 cm³/mol. The molecule has 2 saturated carbocycles. The van der Waals surface area contributed by atoms with Gasteiger partial charge in [0.25, 0.3) is 0 Å². The zero-order valence-electron chi connectivity index (χ0n) is 36.3. The summed E-state index contributed by atoms with van der Waals surface area (Å²) in [5.41, 5.74) is -0.531. The minimum Gasteiger partial charge on any atom is -0.428 e. The average Bonchev–Trinajstić information content (AvgIpc) is 3.16. The monoisotopic (exact) mass is 735 g/mol. The van der Waals surface area contributed by atoms with Crippen LogP contribution in [0.15, 0.2) is 0 Å². The Morgan fingerprint density at radius 2 is 0.654 bits per heavy atom. The molecule has 7 nitrogen and oxygen atoms in total. The molecule has 0 amide bonds. The van der Waals surface area contributed by atoms with Gasteiger partial charge in [-0.2, -0.15) is 0 Å². The molecular weight excluding hydrogens is 645 g/mol. The first kappa shape index (κ1) is 47.3. The number of carbonyl (C=O) groups excluding carboxylic acids is 1. The molecule has 0 radical (unpaired) electrons. The highest BCUT2D eigenvalue weighted by Crippen LogP contribution is 2.43. The van der Waals surface area contributed by atoms with Crippen LogP contribution in [0.5, 0.6) is 0 Å². The Kier molecular flexibility index (Phi) is 25.1. The van der Waals surface area contributed by atoms with E-state index in [0.29, 0.717) is 0 Å². The number of nitrogens with zero attached hydrogens (tertiary/aromatic N) is 4. The van der Waals surface area contributed by atoms with Crippen LogP contribution in [-0.2, 0) is 9.47 Å². The number of hydrogen-bond donors (Lipinski definition) is 0. The SMILES string of the molecule is CCCCN(CCCC)C1(N(CCCC)CCCC)CCCCC1OC(=O)OC1CCCCC1(N(CCCC)CCCC)N(CCCC)CCCC. The van der Waals surface area contributed by atoms with Crippen molar-refractivity contribution in [3.63, 3.8) is 0 Å². The van der Waals surface area contributed by atoms with Crippen LogP contribution in [0.3, 0.4) is 0 Å². The van der Waals surface area contributed by atoms with E-state index in [0.717, 1.165) is 90.9 Å². The average molecular weight is 735 g/mol. The number of ether oxygens (including phenoxy) is 2. The first-order chi connectivity index (χ1) is 25.4. The fourth-order valence-electron chi connectivity index (χ4n) is 9.42. The van der Waals surface area contributed by atoms with Crippen molar-refractivity contribution in [1.29, 1.82) is 0 Å². The smallest absolute Gasteiger partial charge is 0.428 e. The molecule has 0 aromatic carbocycles. The lowest BCUT2D eigenvalue weighted by atomic mass is 9.81. The lowest BCUT2D eigenvalue weighted by Gasteiger charge is -2.57. The number of rotatable bonds is 30. The molecule has 0 aromatic rings. The van der Waals surface area contributed by atoms with Gasteiger partial charge in [-0.3, -0.25) is 19.6 Å². The van der Waals surface area contributed by atoms with Crippen LogP contribution < -0.4 is 0 Å². The van der Waals surface area contributed by atoms with Crippen LogP contribution in [0.25, 0.3) is 0 Å². The maximum Gasteiger partial charge on any atom is 0.509 e. The summed E-state index contributed by atoms with van der Waals surface area (Å²) in [6.07, 6.45) is 26.7. The second-order valence-corrected chi connectivity index (χ2v) is 16.5. The molecule has 0 N–H and O–H groups in total. The van der Waals surface area contributed by atoms with E-state index in [1.54, 1.807) is 0 Å². The van der Waals surface area contributed by atoms with Gasteiger partial charge < -0.3 is 9.47 Å². The van der Waals surface area contributed by atoms with Crippen LogP contribution in [-0.4, -0.2) is 102 Å². The second-order valence-electron chi connectivity index (χ2n) is 16.5. The molecular formula is C45H90N4O3. The minimum absolute atomic E-state index is 0.179. The first-order valence-electron chi connectivity index (χ1n) is 23.3. The van der Waals surface area contributed by atoms with Gasteiger partial charge in [0.2, 0.25) is 0 Å². The number of carbonyl (C=O) groups is 1. The van der Waals surface area contributed by atoms with Crippen LogP contribution in [0.4, 0.5) is 4.79 Å². The van der Waals surface area contributed by atoms with Crippen LogP contribution in [0.1, 0.15) is 209 Å². The zero-order chi connectivity index (χ0) is 38.1. The Hall–Kier alpha value is -0.890. The predicted octanol–water partition coefficient (Wildman–Crippen LogP) is 12.0. The van der Waals surface area contributed by atoms with Crippen molar-refractivity contribution in [1.82, 2.24) is 19.6 Å². The van der Waals surface area contributed by atoms with E-state index in [4.69, 9.17) is 9.47 Å². The van der Waals surface area contributed by atoms with Gasteiger partial charge in [-0.25, -0.2) is 4.79 Å². The third-order valence-corrected chi connectivity index (χ3v) is 12.5. The quantitative estimate of drug-likeness (QED) is 0.0538. The minimum atomic E-state index is -0.402. The fourth-order valence-corrected chi connectivity index (χ4v) is 9.42. The third-order valence-electron chi connectivity index (χ3n) is 12.5. The fraction of sp³-hybridized carbons (Fsp3) is 0.978. The van der Waals surface area contributed by atoms with Crippen LogP contribution in [0.2, 0.25) is 0 Å². The van der Waals surface area contributed by atoms with Crippen molar-refractivity contribution < 1.29 is 14.3 Å². The molecule has 0 spiro atoms. The van der Waals surface area contributed by atoms with Crippen molar-refractivity contribution >= 4 is 6.16 Å². The topological polar surface area (TPSA) is 48.5 Å². The highest BCUT2D eigenvalue weighted by atomic mass is 16.7. The van der Waals surface area contributed by atoms with E-state index < -0.39 is 6.16 Å². The number of hydrogen-bond acceptors (Lipinski definition) is 7.